The molecule has 0 radical (unpaired) electrons. The highest BCUT2D eigenvalue weighted by Gasteiger charge is 1.94. The molecule has 0 bridgehead atoms. The van der Waals surface area contributed by atoms with Crippen LogP contribution in [0.2, 0.25) is 0 Å². The van der Waals surface area contributed by atoms with Crippen LogP contribution < -0.4 is 16.8 Å². The van der Waals surface area contributed by atoms with E-state index in [0.717, 1.165) is 25.8 Å². The minimum Gasteiger partial charge on any atom is -0.356 e. The highest BCUT2D eigenvalue weighted by atomic mass is 16.1. The molecule has 0 aromatic carbocycles. The number of hydrogen-bond donors (Lipinski definition) is 3. The van der Waals surface area contributed by atoms with E-state index in [0.29, 0.717) is 0 Å². The lowest BCUT2D eigenvalue weighted by Gasteiger charge is -2.04. The Labute approximate surface area is 67.3 Å². The number of hydrogen-bond acceptors (Lipinski definition) is 3. The second-order valence-electron chi connectivity index (χ2n) is 2.64. The molecule has 0 aromatic heterocycles. The Kier molecular flexibility index (Phi) is 5.78. The van der Waals surface area contributed by atoms with Crippen molar-refractivity contribution in [2.75, 3.05) is 6.54 Å². The van der Waals surface area contributed by atoms with Gasteiger partial charge in [-0.05, 0) is 19.3 Å². The first-order valence-electron chi connectivity index (χ1n) is 3.88. The maximum atomic E-state index is 10.4. The maximum Gasteiger partial charge on any atom is 0.216 e. The zero-order valence-corrected chi connectivity index (χ0v) is 6.97. The summed E-state index contributed by atoms with van der Waals surface area (Å²) < 4.78 is 0. The first-order valence-corrected chi connectivity index (χ1v) is 3.88. The fraction of sp³-hybridized carbons (Fsp3) is 0.857. The summed E-state index contributed by atoms with van der Waals surface area (Å²) in [5.74, 6) is 0.0158. The zero-order valence-electron chi connectivity index (χ0n) is 6.97. The van der Waals surface area contributed by atoms with Crippen LogP contribution in [0.4, 0.5) is 0 Å². The van der Waals surface area contributed by atoms with Crippen molar-refractivity contribution in [1.29, 1.82) is 0 Å². The number of carbonyl (C=O) groups is 1. The fourth-order valence-corrected chi connectivity index (χ4v) is 0.769. The molecular weight excluding hydrogens is 142 g/mol. The van der Waals surface area contributed by atoms with Crippen LogP contribution in [0.1, 0.15) is 26.2 Å². The molecule has 0 atom stereocenters. The summed E-state index contributed by atoms with van der Waals surface area (Å²) in [6.45, 7) is 2.23. The first kappa shape index (κ1) is 10.4. The summed E-state index contributed by atoms with van der Waals surface area (Å²) in [6, 6.07) is 0. The molecule has 0 aliphatic heterocycles. The zero-order chi connectivity index (χ0) is 8.69. The molecule has 11 heavy (non-hydrogen) atoms. The maximum absolute atomic E-state index is 10.4. The fourth-order valence-electron chi connectivity index (χ4n) is 0.769. The molecule has 4 nitrogen and oxygen atoms in total. The molecule has 0 saturated carbocycles. The van der Waals surface area contributed by atoms with Gasteiger partial charge in [0, 0.05) is 13.5 Å². The van der Waals surface area contributed by atoms with Crippen molar-refractivity contribution in [2.24, 2.45) is 11.5 Å². The number of rotatable bonds is 5. The van der Waals surface area contributed by atoms with Crippen molar-refractivity contribution in [3.05, 3.63) is 0 Å². The van der Waals surface area contributed by atoms with Gasteiger partial charge in [-0.15, -0.1) is 0 Å². The minimum atomic E-state index is -0.215. The summed E-state index contributed by atoms with van der Waals surface area (Å²) in [5.41, 5.74) is 10.6. The van der Waals surface area contributed by atoms with Crippen LogP contribution in [0.5, 0.6) is 0 Å². The second-order valence-corrected chi connectivity index (χ2v) is 2.64. The molecule has 5 N–H and O–H groups in total. The van der Waals surface area contributed by atoms with Crippen molar-refractivity contribution < 1.29 is 4.79 Å². The van der Waals surface area contributed by atoms with Gasteiger partial charge in [-0.3, -0.25) is 4.79 Å². The number of amides is 1. The third-order valence-corrected chi connectivity index (χ3v) is 1.34. The van der Waals surface area contributed by atoms with E-state index in [1.54, 1.807) is 0 Å². The van der Waals surface area contributed by atoms with E-state index in [2.05, 4.69) is 5.32 Å². The number of carbonyl (C=O) groups excluding carboxylic acids is 1. The lowest BCUT2D eigenvalue weighted by atomic mass is 10.2. The van der Waals surface area contributed by atoms with Crippen molar-refractivity contribution in [1.82, 2.24) is 5.32 Å². The molecule has 66 valence electrons. The molecule has 1 amide bonds. The summed E-state index contributed by atoms with van der Waals surface area (Å²) in [6.07, 6.45) is 2.52. The highest BCUT2D eigenvalue weighted by Crippen LogP contribution is 1.93. The van der Waals surface area contributed by atoms with Crippen LogP contribution in [-0.2, 0) is 4.79 Å². The average Bonchev–Trinajstić information content (AvgIpc) is 1.85. The van der Waals surface area contributed by atoms with E-state index < -0.39 is 0 Å². The van der Waals surface area contributed by atoms with Gasteiger partial charge in [-0.2, -0.15) is 0 Å². The van der Waals surface area contributed by atoms with Gasteiger partial charge in [0.15, 0.2) is 0 Å². The lowest BCUT2D eigenvalue weighted by molar-refractivity contribution is -0.118. The molecule has 0 heterocycles. The van der Waals surface area contributed by atoms with Gasteiger partial charge in [0.2, 0.25) is 5.91 Å². The standard InChI is InChI=1S/C7H17N3O/c1-6(11)10-5-3-2-4-7(8)9/h7H,2-5,8-9H2,1H3,(H,10,11). The highest BCUT2D eigenvalue weighted by molar-refractivity contribution is 5.72. The number of unbranched alkanes of at least 4 members (excludes halogenated alkanes) is 1. The summed E-state index contributed by atoms with van der Waals surface area (Å²) in [4.78, 5) is 10.4. The largest absolute Gasteiger partial charge is 0.356 e. The van der Waals surface area contributed by atoms with E-state index in [-0.39, 0.29) is 12.1 Å². The van der Waals surface area contributed by atoms with Gasteiger partial charge in [-0.1, -0.05) is 0 Å². The molecular formula is C7H17N3O. The minimum absolute atomic E-state index is 0.0158. The van der Waals surface area contributed by atoms with E-state index in [9.17, 15) is 4.79 Å². The predicted octanol–water partition coefficient (Wildman–Crippen LogP) is -0.464. The SMILES string of the molecule is CC(=O)NCCCCC(N)N. The topological polar surface area (TPSA) is 81.1 Å². The van der Waals surface area contributed by atoms with Crippen LogP contribution in [0, 0.1) is 0 Å². The van der Waals surface area contributed by atoms with Gasteiger partial charge in [0.1, 0.15) is 0 Å². The predicted molar refractivity (Wildman–Crippen MR) is 44.7 cm³/mol. The molecule has 0 rings (SSSR count). The third-order valence-electron chi connectivity index (χ3n) is 1.34. The van der Waals surface area contributed by atoms with Gasteiger partial charge >= 0.3 is 0 Å². The molecule has 0 aliphatic rings. The van der Waals surface area contributed by atoms with Gasteiger partial charge in [0.05, 0.1) is 6.17 Å². The van der Waals surface area contributed by atoms with E-state index in [1.807, 2.05) is 0 Å². The van der Waals surface area contributed by atoms with Gasteiger partial charge in [-0.25, -0.2) is 0 Å². The van der Waals surface area contributed by atoms with E-state index in [1.165, 1.54) is 6.92 Å². The van der Waals surface area contributed by atoms with Crippen molar-refractivity contribution in [2.45, 2.75) is 32.4 Å². The normalized spacial score (nSPS) is 10.2. The van der Waals surface area contributed by atoms with E-state index >= 15 is 0 Å². The van der Waals surface area contributed by atoms with Crippen molar-refractivity contribution in [3.8, 4) is 0 Å². The van der Waals surface area contributed by atoms with Crippen LogP contribution in [-0.4, -0.2) is 18.6 Å². The Bertz CT molecular complexity index is 114. The third kappa shape index (κ3) is 9.39. The van der Waals surface area contributed by atoms with Crippen LogP contribution in [0.25, 0.3) is 0 Å². The molecule has 0 fully saturated rings. The molecule has 4 heteroatoms. The molecule has 0 unspecified atom stereocenters. The van der Waals surface area contributed by atoms with Crippen LogP contribution in [0.3, 0.4) is 0 Å². The Morgan fingerprint density at radius 2 is 2.09 bits per heavy atom. The summed E-state index contributed by atoms with van der Waals surface area (Å²) in [7, 11) is 0. The number of nitrogens with one attached hydrogen (secondary N) is 1. The Morgan fingerprint density at radius 3 is 2.55 bits per heavy atom. The molecule has 0 saturated heterocycles. The summed E-state index contributed by atoms with van der Waals surface area (Å²) >= 11 is 0. The Hall–Kier alpha value is -0.610. The summed E-state index contributed by atoms with van der Waals surface area (Å²) in [5, 5.41) is 2.70. The molecule has 0 aliphatic carbocycles. The second kappa shape index (κ2) is 6.12. The van der Waals surface area contributed by atoms with Crippen LogP contribution >= 0.6 is 0 Å². The van der Waals surface area contributed by atoms with Crippen molar-refractivity contribution in [3.63, 3.8) is 0 Å². The van der Waals surface area contributed by atoms with E-state index in [4.69, 9.17) is 11.5 Å². The Morgan fingerprint density at radius 1 is 1.45 bits per heavy atom. The number of nitrogens with two attached hydrogens (primary N) is 2. The Balaban J connectivity index is 2.97. The lowest BCUT2D eigenvalue weighted by Crippen LogP contribution is -2.30. The van der Waals surface area contributed by atoms with Crippen LogP contribution in [0.15, 0.2) is 0 Å². The van der Waals surface area contributed by atoms with Gasteiger partial charge < -0.3 is 16.8 Å². The smallest absolute Gasteiger partial charge is 0.216 e. The van der Waals surface area contributed by atoms with Crippen molar-refractivity contribution >= 4 is 5.91 Å². The van der Waals surface area contributed by atoms with Gasteiger partial charge in [0.25, 0.3) is 0 Å². The first-order chi connectivity index (χ1) is 5.13. The quantitative estimate of drug-likeness (QED) is 0.375. The monoisotopic (exact) mass is 159 g/mol. The average molecular weight is 159 g/mol. The molecule has 0 aromatic rings. The molecule has 0 spiro atoms.